The van der Waals surface area contributed by atoms with Gasteiger partial charge in [-0.1, -0.05) is 0 Å². The van der Waals surface area contributed by atoms with Crippen molar-refractivity contribution in [3.63, 3.8) is 0 Å². The number of carbonyl (C=O) groups excluding carboxylic acids is 2. The molecule has 1 aliphatic rings. The van der Waals surface area contributed by atoms with Gasteiger partial charge in [0, 0.05) is 11.3 Å². The van der Waals surface area contributed by atoms with Gasteiger partial charge in [0.1, 0.15) is 6.04 Å². The molecule has 1 atom stereocenters. The number of nitrogens with one attached hydrogen (secondary N) is 2. The summed E-state index contributed by atoms with van der Waals surface area (Å²) in [6.45, 7) is 5.35. The highest BCUT2D eigenvalue weighted by molar-refractivity contribution is 7.99. The van der Waals surface area contributed by atoms with E-state index >= 15 is 0 Å². The maximum Gasteiger partial charge on any atom is 0.327 e. The average molecular weight is 289 g/mol. The van der Waals surface area contributed by atoms with E-state index in [1.807, 2.05) is 20.8 Å². The molecular weight excluding hydrogens is 270 g/mol. The van der Waals surface area contributed by atoms with Crippen molar-refractivity contribution in [3.05, 3.63) is 0 Å². The third kappa shape index (κ3) is 4.98. The summed E-state index contributed by atoms with van der Waals surface area (Å²) in [5, 5.41) is 14.1. The molecule has 108 valence electrons. The summed E-state index contributed by atoms with van der Waals surface area (Å²) >= 11 is 1.37. The second kappa shape index (κ2) is 6.14. The molecule has 0 aliphatic carbocycles. The molecule has 0 aromatic heterocycles. The van der Waals surface area contributed by atoms with Crippen LogP contribution in [0.2, 0.25) is 0 Å². The molecule has 0 aromatic rings. The van der Waals surface area contributed by atoms with Crippen LogP contribution >= 0.6 is 11.8 Å². The Hall–Kier alpha value is -1.44. The SMILES string of the molecule is CC(C)(C)NC(=O)CNC(=O)N1CSCC1C(=O)O. The summed E-state index contributed by atoms with van der Waals surface area (Å²) in [5.41, 5.74) is -0.366. The topological polar surface area (TPSA) is 98.7 Å². The first-order valence-corrected chi connectivity index (χ1v) is 7.02. The molecule has 19 heavy (non-hydrogen) atoms. The van der Waals surface area contributed by atoms with Gasteiger partial charge in [-0.3, -0.25) is 4.79 Å². The fourth-order valence-electron chi connectivity index (χ4n) is 1.57. The molecule has 0 bridgehead atoms. The van der Waals surface area contributed by atoms with Crippen LogP contribution in [-0.2, 0) is 9.59 Å². The minimum atomic E-state index is -1.03. The zero-order valence-corrected chi connectivity index (χ0v) is 12.0. The Bertz CT molecular complexity index is 381. The van der Waals surface area contributed by atoms with Gasteiger partial charge in [-0.25, -0.2) is 9.59 Å². The Balaban J connectivity index is 2.43. The van der Waals surface area contributed by atoms with Crippen molar-refractivity contribution < 1.29 is 19.5 Å². The Morgan fingerprint density at radius 2 is 2.00 bits per heavy atom. The minimum Gasteiger partial charge on any atom is -0.480 e. The van der Waals surface area contributed by atoms with E-state index in [0.29, 0.717) is 11.6 Å². The van der Waals surface area contributed by atoms with E-state index in [2.05, 4.69) is 10.6 Å². The van der Waals surface area contributed by atoms with Crippen LogP contribution in [0.4, 0.5) is 4.79 Å². The van der Waals surface area contributed by atoms with Gasteiger partial charge in [0.2, 0.25) is 5.91 Å². The van der Waals surface area contributed by atoms with Gasteiger partial charge < -0.3 is 20.6 Å². The van der Waals surface area contributed by atoms with Crippen molar-refractivity contribution in [2.45, 2.75) is 32.4 Å². The number of rotatable bonds is 3. The largest absolute Gasteiger partial charge is 0.480 e. The lowest BCUT2D eigenvalue weighted by molar-refractivity contribution is -0.140. The third-order valence-corrected chi connectivity index (χ3v) is 3.36. The molecule has 1 unspecified atom stereocenters. The number of hydrogen-bond acceptors (Lipinski definition) is 4. The van der Waals surface area contributed by atoms with E-state index in [1.165, 1.54) is 16.7 Å². The molecule has 1 heterocycles. The van der Waals surface area contributed by atoms with Crippen LogP contribution < -0.4 is 10.6 Å². The first kappa shape index (κ1) is 15.6. The summed E-state index contributed by atoms with van der Waals surface area (Å²) in [6.07, 6.45) is 0. The highest BCUT2D eigenvalue weighted by atomic mass is 32.2. The Morgan fingerprint density at radius 1 is 1.37 bits per heavy atom. The standard InChI is InChI=1S/C11H19N3O4S/c1-11(2,3)13-8(15)4-12-10(18)14-6-19-5-7(14)9(16)17/h7H,4-6H2,1-3H3,(H,12,18)(H,13,15)(H,16,17). The van der Waals surface area contributed by atoms with Gasteiger partial charge in [0.05, 0.1) is 12.4 Å². The summed E-state index contributed by atoms with van der Waals surface area (Å²) in [5.74, 6) is -0.639. The van der Waals surface area contributed by atoms with E-state index in [9.17, 15) is 14.4 Å². The monoisotopic (exact) mass is 289 g/mol. The highest BCUT2D eigenvalue weighted by Crippen LogP contribution is 2.20. The number of nitrogens with zero attached hydrogens (tertiary/aromatic N) is 1. The molecule has 1 aliphatic heterocycles. The number of carbonyl (C=O) groups is 3. The highest BCUT2D eigenvalue weighted by Gasteiger charge is 2.34. The minimum absolute atomic E-state index is 0.163. The van der Waals surface area contributed by atoms with Crippen molar-refractivity contribution in [1.29, 1.82) is 0 Å². The lowest BCUT2D eigenvalue weighted by Gasteiger charge is -2.23. The Kier molecular flexibility index (Phi) is 5.04. The number of carboxylic acid groups (broad SMARTS) is 1. The molecule has 0 saturated carbocycles. The maximum absolute atomic E-state index is 11.8. The third-order valence-electron chi connectivity index (χ3n) is 2.34. The molecule has 3 amide bonds. The van der Waals surface area contributed by atoms with E-state index in [0.717, 1.165) is 0 Å². The average Bonchev–Trinajstić information content (AvgIpc) is 2.72. The first-order valence-electron chi connectivity index (χ1n) is 5.87. The van der Waals surface area contributed by atoms with Gasteiger partial charge in [-0.15, -0.1) is 11.8 Å². The number of urea groups is 1. The van der Waals surface area contributed by atoms with E-state index < -0.39 is 18.0 Å². The van der Waals surface area contributed by atoms with Gasteiger partial charge in [0.15, 0.2) is 0 Å². The predicted octanol–water partition coefficient (Wildman–Crippen LogP) is 0.0702. The van der Waals surface area contributed by atoms with Crippen LogP contribution in [0.15, 0.2) is 0 Å². The van der Waals surface area contributed by atoms with Crippen molar-refractivity contribution in [1.82, 2.24) is 15.5 Å². The fourth-order valence-corrected chi connectivity index (χ4v) is 2.71. The number of amides is 3. The fraction of sp³-hybridized carbons (Fsp3) is 0.727. The molecule has 0 spiro atoms. The number of aliphatic carboxylic acids is 1. The molecule has 3 N–H and O–H groups in total. The van der Waals surface area contributed by atoms with Crippen molar-refractivity contribution in [2.75, 3.05) is 18.2 Å². The summed E-state index contributed by atoms with van der Waals surface area (Å²) in [4.78, 5) is 35.5. The summed E-state index contributed by atoms with van der Waals surface area (Å²) in [6, 6.07) is -1.35. The Morgan fingerprint density at radius 3 is 2.53 bits per heavy atom. The van der Waals surface area contributed by atoms with Gasteiger partial charge in [-0.2, -0.15) is 0 Å². The molecule has 7 nitrogen and oxygen atoms in total. The summed E-state index contributed by atoms with van der Waals surface area (Å²) < 4.78 is 0. The molecule has 1 saturated heterocycles. The van der Waals surface area contributed by atoms with Gasteiger partial charge >= 0.3 is 12.0 Å². The van der Waals surface area contributed by atoms with Crippen molar-refractivity contribution >= 4 is 29.7 Å². The number of hydrogen-bond donors (Lipinski definition) is 3. The normalized spacial score (nSPS) is 19.1. The van der Waals surface area contributed by atoms with Gasteiger partial charge in [0.25, 0.3) is 0 Å². The smallest absolute Gasteiger partial charge is 0.327 e. The first-order chi connectivity index (χ1) is 8.70. The molecule has 8 heteroatoms. The van der Waals surface area contributed by atoms with Crippen LogP contribution in [0.3, 0.4) is 0 Å². The van der Waals surface area contributed by atoms with Crippen LogP contribution in [0.25, 0.3) is 0 Å². The van der Waals surface area contributed by atoms with Crippen LogP contribution in [-0.4, -0.2) is 57.7 Å². The van der Waals surface area contributed by atoms with Crippen molar-refractivity contribution in [2.24, 2.45) is 0 Å². The quantitative estimate of drug-likeness (QED) is 0.683. The predicted molar refractivity (Wildman–Crippen MR) is 71.9 cm³/mol. The second-order valence-corrected chi connectivity index (χ2v) is 6.28. The summed E-state index contributed by atoms with van der Waals surface area (Å²) in [7, 11) is 0. The molecule has 0 aromatic carbocycles. The van der Waals surface area contributed by atoms with Crippen LogP contribution in [0, 0.1) is 0 Å². The number of carboxylic acids is 1. The zero-order valence-electron chi connectivity index (χ0n) is 11.2. The molecule has 1 rings (SSSR count). The van der Waals surface area contributed by atoms with Gasteiger partial charge in [-0.05, 0) is 20.8 Å². The number of thioether (sulfide) groups is 1. The lowest BCUT2D eigenvalue weighted by atomic mass is 10.1. The van der Waals surface area contributed by atoms with E-state index in [-0.39, 0.29) is 18.0 Å². The zero-order chi connectivity index (χ0) is 14.6. The van der Waals surface area contributed by atoms with E-state index in [1.54, 1.807) is 0 Å². The Labute approximate surface area is 116 Å². The van der Waals surface area contributed by atoms with E-state index in [4.69, 9.17) is 5.11 Å². The molecule has 0 radical (unpaired) electrons. The lowest BCUT2D eigenvalue weighted by Crippen LogP contribution is -2.51. The van der Waals surface area contributed by atoms with Crippen molar-refractivity contribution in [3.8, 4) is 0 Å². The molecule has 1 fully saturated rings. The molecular formula is C11H19N3O4S. The second-order valence-electron chi connectivity index (χ2n) is 5.28. The van der Waals surface area contributed by atoms with Crippen LogP contribution in [0.1, 0.15) is 20.8 Å². The maximum atomic E-state index is 11.8. The van der Waals surface area contributed by atoms with Crippen LogP contribution in [0.5, 0.6) is 0 Å².